The normalized spacial score (nSPS) is 21.6. The topological polar surface area (TPSA) is 148 Å². The number of aromatic nitrogens is 3. The Bertz CT molecular complexity index is 2270. The molecule has 0 saturated carbocycles. The van der Waals surface area contributed by atoms with Crippen LogP contribution in [0.5, 0.6) is 5.88 Å². The fourth-order valence-corrected chi connectivity index (χ4v) is 8.93. The van der Waals surface area contributed by atoms with Crippen LogP contribution in [-0.4, -0.2) is 67.8 Å². The Balaban J connectivity index is 1.16. The second-order valence-electron chi connectivity index (χ2n) is 15.1. The summed E-state index contributed by atoms with van der Waals surface area (Å²) in [6.45, 7) is 7.12. The first-order valence-corrected chi connectivity index (χ1v) is 19.0. The fraction of sp³-hybridized carbons (Fsp3) is 0.439. The molecule has 2 aromatic carbocycles. The van der Waals surface area contributed by atoms with Crippen molar-refractivity contribution in [3.05, 3.63) is 96.8 Å². The molecular formula is C41H47ClN6O6. The highest BCUT2D eigenvalue weighted by Gasteiger charge is 2.47. The average Bonchev–Trinajstić information content (AvgIpc) is 3.76. The molecule has 3 aliphatic rings. The number of piperidine rings is 1. The minimum absolute atomic E-state index is 0.0679. The molecule has 4 heterocycles. The third-order valence-corrected chi connectivity index (χ3v) is 12.0. The van der Waals surface area contributed by atoms with Crippen molar-refractivity contribution in [1.29, 1.82) is 0 Å². The number of aliphatic hydroxyl groups is 1. The summed E-state index contributed by atoms with van der Waals surface area (Å²) in [4.78, 5) is 59.3. The molecular weight excluding hydrogens is 708 g/mol. The zero-order valence-electron chi connectivity index (χ0n) is 31.4. The number of benzene rings is 2. The molecule has 4 atom stereocenters. The molecule has 7 rings (SSSR count). The summed E-state index contributed by atoms with van der Waals surface area (Å²) in [7, 11) is 2.95. The molecule has 1 spiro atoms. The van der Waals surface area contributed by atoms with E-state index in [2.05, 4.69) is 28.5 Å². The van der Waals surface area contributed by atoms with E-state index in [0.29, 0.717) is 22.3 Å². The smallest absolute Gasteiger partial charge is 0.330 e. The highest BCUT2D eigenvalue weighted by Crippen LogP contribution is 2.47. The van der Waals surface area contributed by atoms with E-state index in [4.69, 9.17) is 21.3 Å². The minimum atomic E-state index is -0.856. The van der Waals surface area contributed by atoms with E-state index < -0.39 is 23.3 Å². The van der Waals surface area contributed by atoms with Gasteiger partial charge in [0.1, 0.15) is 5.56 Å². The van der Waals surface area contributed by atoms with Crippen molar-refractivity contribution in [2.24, 2.45) is 13.0 Å². The minimum Gasteiger partial charge on any atom is -0.481 e. The first-order valence-electron chi connectivity index (χ1n) is 18.7. The highest BCUT2D eigenvalue weighted by molar-refractivity contribution is 6.36. The molecule has 13 heteroatoms. The number of halogens is 1. The molecule has 4 aromatic rings. The number of rotatable bonds is 9. The summed E-state index contributed by atoms with van der Waals surface area (Å²) in [6, 6.07) is 13.5. The maximum Gasteiger partial charge on any atom is 0.330 e. The Labute approximate surface area is 319 Å². The van der Waals surface area contributed by atoms with Gasteiger partial charge < -0.3 is 20.5 Å². The molecule has 0 bridgehead atoms. The third-order valence-electron chi connectivity index (χ3n) is 11.6. The number of hydrogen-bond donors (Lipinski definition) is 3. The van der Waals surface area contributed by atoms with E-state index >= 15 is 0 Å². The summed E-state index contributed by atoms with van der Waals surface area (Å²) < 4.78 is 7.96. The van der Waals surface area contributed by atoms with Crippen LogP contribution < -0.4 is 26.6 Å². The number of hydrogen-bond acceptors (Lipinski definition) is 8. The van der Waals surface area contributed by atoms with Crippen LogP contribution in [0.15, 0.2) is 58.3 Å². The molecule has 0 radical (unpaired) electrons. The van der Waals surface area contributed by atoms with E-state index in [-0.39, 0.29) is 35.5 Å². The number of nitrogens with one attached hydrogen (secondary N) is 2. The molecule has 2 saturated heterocycles. The van der Waals surface area contributed by atoms with Gasteiger partial charge in [0.25, 0.3) is 11.5 Å². The number of fused-ring (bicyclic) bond motifs is 1. The largest absolute Gasteiger partial charge is 0.481 e. The summed E-state index contributed by atoms with van der Waals surface area (Å²) >= 11 is 7.20. The molecule has 2 aromatic heterocycles. The number of methoxy groups -OCH3 is 1. The Morgan fingerprint density at radius 3 is 2.59 bits per heavy atom. The van der Waals surface area contributed by atoms with E-state index in [9.17, 15) is 24.3 Å². The molecule has 3 N–H and O–H groups in total. The first-order chi connectivity index (χ1) is 25.8. The lowest BCUT2D eigenvalue weighted by atomic mass is 9.82. The van der Waals surface area contributed by atoms with Gasteiger partial charge in [-0.05, 0) is 81.2 Å². The number of amides is 2. The summed E-state index contributed by atoms with van der Waals surface area (Å²) in [5, 5.41) is 16.6. The second kappa shape index (κ2) is 14.8. The van der Waals surface area contributed by atoms with E-state index in [0.717, 1.165) is 88.6 Å². The standard InChI is InChI=1S/C41H47ClN6O6/c1-6-25-15-16-41(45-36(25)50)17-18-47(22-41)33-14-13-26-19-32(44-38(54-5)34(26)33)29-11-7-10-28(35(29)42)27-9-8-12-31(24(27)3)43-37(51)30-21-48(20-23(2)49)40(53)46(4)39(30)52/h7-12,19,21,23,25,33,49H,6,13-18,20,22H2,1-5H3,(H,43,51)(H,45,50). The van der Waals surface area contributed by atoms with Crippen LogP contribution >= 0.6 is 11.6 Å². The van der Waals surface area contributed by atoms with Gasteiger partial charge in [0.15, 0.2) is 0 Å². The van der Waals surface area contributed by atoms with Crippen molar-refractivity contribution >= 4 is 29.1 Å². The number of carbonyl (C=O) groups excluding carboxylic acids is 2. The Hall–Kier alpha value is -4.78. The number of carbonyl (C=O) groups is 2. The number of aliphatic hydroxyl groups excluding tert-OH is 1. The highest BCUT2D eigenvalue weighted by atomic mass is 35.5. The second-order valence-corrected chi connectivity index (χ2v) is 15.4. The lowest BCUT2D eigenvalue weighted by molar-refractivity contribution is -0.129. The molecule has 4 unspecified atom stereocenters. The maximum atomic E-state index is 13.5. The maximum absolute atomic E-state index is 13.5. The van der Waals surface area contributed by atoms with Crippen molar-refractivity contribution in [2.45, 2.75) is 83.5 Å². The van der Waals surface area contributed by atoms with Gasteiger partial charge in [-0.15, -0.1) is 0 Å². The van der Waals surface area contributed by atoms with Crippen LogP contribution in [0, 0.1) is 12.8 Å². The number of ether oxygens (including phenoxy) is 1. The fourth-order valence-electron chi connectivity index (χ4n) is 8.60. The zero-order valence-corrected chi connectivity index (χ0v) is 32.1. The predicted octanol–water partition coefficient (Wildman–Crippen LogP) is 5.25. The van der Waals surface area contributed by atoms with Gasteiger partial charge in [0.05, 0.1) is 36.0 Å². The molecule has 2 fully saturated rings. The van der Waals surface area contributed by atoms with Crippen LogP contribution in [0.1, 0.15) is 79.0 Å². The van der Waals surface area contributed by atoms with Gasteiger partial charge >= 0.3 is 5.69 Å². The number of aryl methyl sites for hydroxylation is 1. The molecule has 2 aliphatic heterocycles. The number of nitrogens with zero attached hydrogens (tertiary/aromatic N) is 4. The number of anilines is 1. The summed E-state index contributed by atoms with van der Waals surface area (Å²) in [5.74, 6) is 0.201. The molecule has 2 amide bonds. The Morgan fingerprint density at radius 2 is 1.87 bits per heavy atom. The monoisotopic (exact) mass is 754 g/mol. The van der Waals surface area contributed by atoms with Gasteiger partial charge in [-0.25, -0.2) is 9.78 Å². The van der Waals surface area contributed by atoms with Gasteiger partial charge in [-0.3, -0.25) is 28.4 Å². The molecule has 284 valence electrons. The zero-order chi connectivity index (χ0) is 38.5. The van der Waals surface area contributed by atoms with E-state index in [1.165, 1.54) is 25.7 Å². The van der Waals surface area contributed by atoms with Gasteiger partial charge in [-0.2, -0.15) is 0 Å². The van der Waals surface area contributed by atoms with Crippen molar-refractivity contribution in [1.82, 2.24) is 24.3 Å². The Kier molecular flexibility index (Phi) is 10.3. The SMILES string of the molecule is CCC1CCC2(CCN(C3CCc4cc(-c5cccc(-c6cccc(NC(=O)c7cn(CC(C)O)c(=O)n(C)c7=O)c6C)c5Cl)nc(OC)c43)C2)NC1=O. The van der Waals surface area contributed by atoms with Crippen LogP contribution in [0.2, 0.25) is 5.02 Å². The molecule has 54 heavy (non-hydrogen) atoms. The van der Waals surface area contributed by atoms with Crippen molar-refractivity contribution < 1.29 is 19.4 Å². The predicted molar refractivity (Wildman–Crippen MR) is 208 cm³/mol. The van der Waals surface area contributed by atoms with Crippen LogP contribution in [-0.2, 0) is 24.8 Å². The van der Waals surface area contributed by atoms with Crippen LogP contribution in [0.4, 0.5) is 5.69 Å². The molecule has 12 nitrogen and oxygen atoms in total. The van der Waals surface area contributed by atoms with Crippen LogP contribution in [0.3, 0.4) is 0 Å². The van der Waals surface area contributed by atoms with Crippen molar-refractivity contribution in [3.8, 4) is 28.3 Å². The van der Waals surface area contributed by atoms with Gasteiger partial charge in [0.2, 0.25) is 11.8 Å². The average molecular weight is 755 g/mol. The van der Waals surface area contributed by atoms with Crippen molar-refractivity contribution in [3.63, 3.8) is 0 Å². The van der Waals surface area contributed by atoms with E-state index in [1.807, 2.05) is 31.2 Å². The van der Waals surface area contributed by atoms with Crippen molar-refractivity contribution in [2.75, 3.05) is 25.5 Å². The first kappa shape index (κ1) is 37.5. The number of pyridine rings is 1. The lowest BCUT2D eigenvalue weighted by Crippen LogP contribution is -2.56. The Morgan fingerprint density at radius 1 is 1.13 bits per heavy atom. The van der Waals surface area contributed by atoms with Gasteiger partial charge in [0, 0.05) is 60.7 Å². The van der Waals surface area contributed by atoms with E-state index in [1.54, 1.807) is 19.2 Å². The summed E-state index contributed by atoms with van der Waals surface area (Å²) in [5.41, 5.74) is 4.69. The van der Waals surface area contributed by atoms with Crippen LogP contribution in [0.25, 0.3) is 22.4 Å². The lowest BCUT2D eigenvalue weighted by Gasteiger charge is -2.38. The number of likely N-dealkylation sites (tertiary alicyclic amines) is 1. The van der Waals surface area contributed by atoms with Gasteiger partial charge in [-0.1, -0.05) is 48.9 Å². The third kappa shape index (κ3) is 6.75. The summed E-state index contributed by atoms with van der Waals surface area (Å²) in [6.07, 6.45) is 5.91. The molecule has 1 aliphatic carbocycles. The quantitative estimate of drug-likeness (QED) is 0.210.